The first-order valence-corrected chi connectivity index (χ1v) is 14.7. The average molecular weight is 580 g/mol. The number of rotatable bonds is 13. The third kappa shape index (κ3) is 11.3. The van der Waals surface area contributed by atoms with Crippen LogP contribution in [0.15, 0.2) is 59.4 Å². The number of thiophene rings is 1. The molecule has 3 rings (SSSR count). The number of anilines is 1. The monoisotopic (exact) mass is 579 g/mol. The van der Waals surface area contributed by atoms with Gasteiger partial charge in [0.05, 0.1) is 5.69 Å². The van der Waals surface area contributed by atoms with Crippen LogP contribution in [0.2, 0.25) is 0 Å². The molecule has 0 aliphatic rings. The van der Waals surface area contributed by atoms with Gasteiger partial charge >= 0.3 is 12.1 Å². The molecule has 0 radical (unpaired) electrons. The summed E-state index contributed by atoms with van der Waals surface area (Å²) < 4.78 is 5.32. The minimum atomic E-state index is -0.619. The number of benzene rings is 1. The lowest BCUT2D eigenvalue weighted by Crippen LogP contribution is -2.41. The summed E-state index contributed by atoms with van der Waals surface area (Å²) in [5.41, 5.74) is 2.98. The smallest absolute Gasteiger partial charge is 0.412 e. The number of Topliss-reactive ketones (excluding diaryl/α,β-unsaturated/α-hetero) is 1. The summed E-state index contributed by atoms with van der Waals surface area (Å²) in [6.45, 7) is 7.78. The first-order chi connectivity index (χ1) is 19.5. The molecule has 0 bridgehead atoms. The molecule has 0 saturated heterocycles. The largest absolute Gasteiger partial charge is 0.444 e. The molecule has 0 aliphatic heterocycles. The summed E-state index contributed by atoms with van der Waals surface area (Å²) in [6, 6.07) is 13.5. The molecular weight excluding hydrogens is 538 g/mol. The average Bonchev–Trinajstić information content (AvgIpc) is 3.33. The van der Waals surface area contributed by atoms with E-state index in [0.29, 0.717) is 36.6 Å². The molecule has 0 saturated carbocycles. The maximum absolute atomic E-state index is 13.0. The molecule has 3 amide bonds. The van der Waals surface area contributed by atoms with Crippen LogP contribution in [0.1, 0.15) is 54.4 Å². The lowest BCUT2D eigenvalue weighted by Gasteiger charge is -2.24. The van der Waals surface area contributed by atoms with Gasteiger partial charge in [0.15, 0.2) is 5.78 Å². The molecule has 0 unspecified atom stereocenters. The number of nitrogens with one attached hydrogen (secondary N) is 2. The quantitative estimate of drug-likeness (QED) is 0.255. The van der Waals surface area contributed by atoms with E-state index in [1.807, 2.05) is 55.9 Å². The number of nitrogens with zero attached hydrogens (tertiary/aromatic N) is 3. The summed E-state index contributed by atoms with van der Waals surface area (Å²) >= 11 is 1.40. The van der Waals surface area contributed by atoms with Gasteiger partial charge in [-0.25, -0.2) is 9.59 Å². The predicted octanol–water partition coefficient (Wildman–Crippen LogP) is 5.62. The van der Waals surface area contributed by atoms with E-state index in [1.165, 1.54) is 16.9 Å². The molecule has 220 valence electrons. The Kier molecular flexibility index (Phi) is 11.9. The van der Waals surface area contributed by atoms with E-state index in [-0.39, 0.29) is 18.2 Å². The van der Waals surface area contributed by atoms with Gasteiger partial charge in [-0.2, -0.15) is 0 Å². The van der Waals surface area contributed by atoms with E-state index >= 15 is 0 Å². The van der Waals surface area contributed by atoms with Crippen LogP contribution in [0.4, 0.5) is 15.3 Å². The second kappa shape index (κ2) is 15.3. The molecule has 2 N–H and O–H groups in total. The van der Waals surface area contributed by atoms with Crippen molar-refractivity contribution in [1.82, 2.24) is 20.1 Å². The van der Waals surface area contributed by atoms with Crippen LogP contribution >= 0.6 is 11.3 Å². The highest BCUT2D eigenvalue weighted by atomic mass is 32.1. The van der Waals surface area contributed by atoms with Gasteiger partial charge in [-0.1, -0.05) is 36.4 Å². The Balaban J connectivity index is 1.59. The number of ketones is 1. The van der Waals surface area contributed by atoms with E-state index < -0.39 is 11.7 Å². The van der Waals surface area contributed by atoms with Crippen LogP contribution in [0, 0.1) is 0 Å². The van der Waals surface area contributed by atoms with Crippen molar-refractivity contribution in [3.63, 3.8) is 0 Å². The van der Waals surface area contributed by atoms with Gasteiger partial charge in [-0.3, -0.25) is 15.1 Å². The lowest BCUT2D eigenvalue weighted by atomic mass is 10.1. The van der Waals surface area contributed by atoms with Crippen LogP contribution < -0.4 is 10.6 Å². The Morgan fingerprint density at radius 3 is 2.39 bits per heavy atom. The molecule has 10 heteroatoms. The number of ether oxygens (including phenoxy) is 1. The predicted molar refractivity (Wildman–Crippen MR) is 164 cm³/mol. The first kappa shape index (κ1) is 31.8. The second-order valence-electron chi connectivity index (χ2n) is 11.1. The van der Waals surface area contributed by atoms with Crippen molar-refractivity contribution in [2.45, 2.75) is 52.2 Å². The van der Waals surface area contributed by atoms with E-state index in [0.717, 1.165) is 24.9 Å². The van der Waals surface area contributed by atoms with Crippen LogP contribution in [-0.4, -0.2) is 72.0 Å². The number of aromatic nitrogens is 1. The highest BCUT2D eigenvalue weighted by molar-refractivity contribution is 7.08. The van der Waals surface area contributed by atoms with Crippen molar-refractivity contribution in [1.29, 1.82) is 0 Å². The minimum absolute atomic E-state index is 0.0987. The Morgan fingerprint density at radius 2 is 1.73 bits per heavy atom. The zero-order valence-electron chi connectivity index (χ0n) is 24.6. The van der Waals surface area contributed by atoms with Gasteiger partial charge in [0.2, 0.25) is 0 Å². The molecule has 1 aromatic carbocycles. The van der Waals surface area contributed by atoms with E-state index in [9.17, 15) is 14.4 Å². The highest BCUT2D eigenvalue weighted by Gasteiger charge is 2.19. The number of pyridine rings is 1. The normalized spacial score (nSPS) is 11.3. The molecular formula is C31H41N5O4S. The SMILES string of the molecule is CN(C)CCCN(Cc1ccc(C(=O)Cc2cscc2NC(=O)OC(C)(C)C)nc1)C(=O)NCCc1ccccc1. The maximum atomic E-state index is 13.0. The fourth-order valence-corrected chi connectivity index (χ4v) is 4.84. The van der Waals surface area contributed by atoms with Crippen molar-refractivity contribution in [3.8, 4) is 0 Å². The van der Waals surface area contributed by atoms with Crippen LogP contribution in [0.5, 0.6) is 0 Å². The summed E-state index contributed by atoms with van der Waals surface area (Å²) in [7, 11) is 4.02. The van der Waals surface area contributed by atoms with Crippen LogP contribution in [0.3, 0.4) is 0 Å². The molecule has 2 aromatic heterocycles. The number of carbonyl (C=O) groups is 3. The number of urea groups is 1. The van der Waals surface area contributed by atoms with Gasteiger partial charge < -0.3 is 19.9 Å². The highest BCUT2D eigenvalue weighted by Crippen LogP contribution is 2.23. The Morgan fingerprint density at radius 1 is 0.976 bits per heavy atom. The third-order valence-electron chi connectivity index (χ3n) is 6.07. The molecule has 0 fully saturated rings. The van der Waals surface area contributed by atoms with Crippen molar-refractivity contribution in [3.05, 3.63) is 81.8 Å². The molecule has 0 atom stereocenters. The van der Waals surface area contributed by atoms with E-state index in [1.54, 1.807) is 43.3 Å². The second-order valence-corrected chi connectivity index (χ2v) is 11.9. The Bertz CT molecular complexity index is 1270. The van der Waals surface area contributed by atoms with Crippen molar-refractivity contribution >= 4 is 34.9 Å². The zero-order chi connectivity index (χ0) is 29.8. The third-order valence-corrected chi connectivity index (χ3v) is 6.86. The van der Waals surface area contributed by atoms with Crippen LogP contribution in [0.25, 0.3) is 0 Å². The molecule has 0 spiro atoms. The molecule has 3 aromatic rings. The van der Waals surface area contributed by atoms with Crippen molar-refractivity contribution in [2.75, 3.05) is 39.0 Å². The standard InChI is InChI=1S/C31H41N5O4S/c1-31(2,3)40-30(39)34-27-22-41-21-25(27)18-28(37)26-13-12-24(19-33-26)20-36(17-9-16-35(4)5)29(38)32-15-14-23-10-7-6-8-11-23/h6-8,10-13,19,21-22H,9,14-18,20H2,1-5H3,(H,32,38)(H,34,39). The molecule has 2 heterocycles. The number of hydrogen-bond acceptors (Lipinski definition) is 7. The fraction of sp³-hybridized carbons (Fsp3) is 0.419. The molecule has 41 heavy (non-hydrogen) atoms. The van der Waals surface area contributed by atoms with E-state index in [2.05, 4.69) is 20.5 Å². The summed E-state index contributed by atoms with van der Waals surface area (Å²) in [5.74, 6) is -0.163. The zero-order valence-corrected chi connectivity index (χ0v) is 25.4. The van der Waals surface area contributed by atoms with Gasteiger partial charge in [0.25, 0.3) is 0 Å². The topological polar surface area (TPSA) is 104 Å². The minimum Gasteiger partial charge on any atom is -0.444 e. The summed E-state index contributed by atoms with van der Waals surface area (Å²) in [5, 5.41) is 9.37. The van der Waals surface area contributed by atoms with Crippen molar-refractivity contribution in [2.24, 2.45) is 0 Å². The van der Waals surface area contributed by atoms with Crippen LogP contribution in [-0.2, 0) is 24.1 Å². The Labute approximate surface area is 246 Å². The van der Waals surface area contributed by atoms with Gasteiger partial charge in [0, 0.05) is 37.6 Å². The number of carbonyl (C=O) groups excluding carboxylic acids is 3. The fourth-order valence-electron chi connectivity index (χ4n) is 4.05. The Hall–Kier alpha value is -3.76. The first-order valence-electron chi connectivity index (χ1n) is 13.7. The summed E-state index contributed by atoms with van der Waals surface area (Å²) in [4.78, 5) is 46.5. The molecule has 0 aliphatic carbocycles. The van der Waals surface area contributed by atoms with Gasteiger partial charge in [-0.15, -0.1) is 11.3 Å². The van der Waals surface area contributed by atoms with Gasteiger partial charge in [-0.05, 0) is 82.4 Å². The van der Waals surface area contributed by atoms with E-state index in [4.69, 9.17) is 4.74 Å². The number of hydrogen-bond donors (Lipinski definition) is 2. The summed E-state index contributed by atoms with van der Waals surface area (Å²) in [6.07, 6.45) is 2.78. The number of amides is 3. The molecule has 9 nitrogen and oxygen atoms in total. The maximum Gasteiger partial charge on any atom is 0.412 e. The van der Waals surface area contributed by atoms with Crippen molar-refractivity contribution < 1.29 is 19.1 Å². The van der Waals surface area contributed by atoms with Gasteiger partial charge in [0.1, 0.15) is 11.3 Å². The lowest BCUT2D eigenvalue weighted by molar-refractivity contribution is 0.0635.